The quantitative estimate of drug-likeness (QED) is 0.240. The summed E-state index contributed by atoms with van der Waals surface area (Å²) >= 11 is 0. The van der Waals surface area contributed by atoms with Gasteiger partial charge in [0.05, 0.1) is 28.7 Å². The maximum atomic E-state index is 13.3. The van der Waals surface area contributed by atoms with E-state index in [2.05, 4.69) is 9.62 Å². The number of para-hydroxylation sites is 1. The summed E-state index contributed by atoms with van der Waals surface area (Å²) in [5, 5.41) is 0.528. The monoisotopic (exact) mass is 647 g/mol. The summed E-state index contributed by atoms with van der Waals surface area (Å²) in [5.41, 5.74) is 2.87. The van der Waals surface area contributed by atoms with Crippen molar-refractivity contribution in [2.24, 2.45) is 5.41 Å². The molecular formula is C34H41N5O6S. The average molecular weight is 648 g/mol. The predicted molar refractivity (Wildman–Crippen MR) is 181 cm³/mol. The Morgan fingerprint density at radius 1 is 0.957 bits per heavy atom. The first-order chi connectivity index (χ1) is 21.7. The van der Waals surface area contributed by atoms with Crippen molar-refractivity contribution in [3.8, 4) is 0 Å². The molecule has 1 N–H and O–H groups in total. The minimum Gasteiger partial charge on any atom is -0.461 e. The molecule has 244 valence electrons. The number of sulfonamides is 1. The van der Waals surface area contributed by atoms with E-state index >= 15 is 0 Å². The average Bonchev–Trinajstić information content (AvgIpc) is 3.38. The molecule has 46 heavy (non-hydrogen) atoms. The zero-order chi connectivity index (χ0) is 33.4. The van der Waals surface area contributed by atoms with Crippen LogP contribution in [0.2, 0.25) is 0 Å². The zero-order valence-corrected chi connectivity index (χ0v) is 28.0. The second kappa shape index (κ2) is 12.8. The molecule has 1 aliphatic heterocycles. The fraction of sp³-hybridized carbons (Fsp3) is 0.382. The maximum absolute atomic E-state index is 13.3. The summed E-state index contributed by atoms with van der Waals surface area (Å²) in [6.07, 6.45) is 3.46. The number of aromatic nitrogens is 1. The first-order valence-electron chi connectivity index (χ1n) is 15.3. The predicted octanol–water partition coefficient (Wildman–Crippen LogP) is 4.37. The SMILES string of the molecule is CCN1C(=O)C(C)(C)C(=O)N(C)c2cc(CCN(CCn3ccc4oc(C)cc4c3=O)Cc3ccccc3NS(C)(=O)=O)ccc21. The number of carbonyl (C=O) groups is 2. The fourth-order valence-electron chi connectivity index (χ4n) is 5.99. The van der Waals surface area contributed by atoms with Crippen LogP contribution in [-0.4, -0.2) is 62.6 Å². The van der Waals surface area contributed by atoms with Crippen molar-refractivity contribution in [1.29, 1.82) is 0 Å². The summed E-state index contributed by atoms with van der Waals surface area (Å²) in [5.74, 6) is 0.174. The smallest absolute Gasteiger partial charge is 0.261 e. The first kappa shape index (κ1) is 33.0. The summed E-state index contributed by atoms with van der Waals surface area (Å²) in [4.78, 5) is 45.2. The van der Waals surface area contributed by atoms with Gasteiger partial charge in [0.25, 0.3) is 5.56 Å². The summed E-state index contributed by atoms with van der Waals surface area (Å²) in [6, 6.07) is 16.6. The van der Waals surface area contributed by atoms with Crippen LogP contribution in [-0.2, 0) is 39.1 Å². The zero-order valence-electron chi connectivity index (χ0n) is 27.2. The Balaban J connectivity index is 1.43. The minimum absolute atomic E-state index is 0.134. The van der Waals surface area contributed by atoms with Crippen LogP contribution < -0.4 is 20.1 Å². The van der Waals surface area contributed by atoms with E-state index in [1.54, 1.807) is 65.7 Å². The van der Waals surface area contributed by atoms with Crippen LogP contribution in [0.5, 0.6) is 0 Å². The molecule has 0 spiro atoms. The Morgan fingerprint density at radius 3 is 2.41 bits per heavy atom. The second-order valence-electron chi connectivity index (χ2n) is 12.4. The summed E-state index contributed by atoms with van der Waals surface area (Å²) in [7, 11) is -1.79. The number of amides is 2. The van der Waals surface area contributed by atoms with Gasteiger partial charge in [-0.25, -0.2) is 8.42 Å². The number of anilines is 3. The molecule has 3 heterocycles. The summed E-state index contributed by atoms with van der Waals surface area (Å²) < 4.78 is 34.0. The Morgan fingerprint density at radius 2 is 1.70 bits per heavy atom. The molecule has 2 amide bonds. The Kier molecular flexibility index (Phi) is 9.14. The molecule has 0 aliphatic carbocycles. The maximum Gasteiger partial charge on any atom is 0.261 e. The number of nitrogens with zero attached hydrogens (tertiary/aromatic N) is 4. The van der Waals surface area contributed by atoms with Crippen molar-refractivity contribution in [1.82, 2.24) is 9.47 Å². The highest BCUT2D eigenvalue weighted by Gasteiger charge is 2.45. The lowest BCUT2D eigenvalue weighted by Gasteiger charge is -2.27. The van der Waals surface area contributed by atoms with Crippen LogP contribution >= 0.6 is 0 Å². The van der Waals surface area contributed by atoms with Crippen molar-refractivity contribution in [3.05, 3.63) is 88.0 Å². The van der Waals surface area contributed by atoms with Crippen LogP contribution in [0, 0.1) is 12.3 Å². The number of aryl methyl sites for hydroxylation is 1. The number of pyridine rings is 1. The van der Waals surface area contributed by atoms with Crippen molar-refractivity contribution in [2.75, 3.05) is 47.5 Å². The Hall–Kier alpha value is -4.42. The van der Waals surface area contributed by atoms with E-state index < -0.39 is 15.4 Å². The van der Waals surface area contributed by atoms with Gasteiger partial charge >= 0.3 is 0 Å². The Labute approximate surface area is 269 Å². The molecule has 12 heteroatoms. The molecule has 0 saturated carbocycles. The third kappa shape index (κ3) is 6.73. The third-order valence-electron chi connectivity index (χ3n) is 8.49. The molecule has 2 aromatic carbocycles. The molecule has 0 radical (unpaired) electrons. The standard InChI is InChI=1S/C34H41N5O6S/c1-7-39-28-13-12-24(21-29(28)36(5)32(41)34(3,4)33(39)42)14-16-37(22-25-10-8-9-11-27(25)35-46(6,43)44)18-19-38-17-15-30-26(31(38)40)20-23(2)45-30/h8-13,15,17,20-21,35H,7,14,16,18-19,22H2,1-6H3. The number of rotatable bonds is 11. The van der Waals surface area contributed by atoms with Crippen molar-refractivity contribution in [3.63, 3.8) is 0 Å². The van der Waals surface area contributed by atoms with Gasteiger partial charge in [0.2, 0.25) is 21.8 Å². The van der Waals surface area contributed by atoms with Gasteiger partial charge in [-0.3, -0.25) is 24.0 Å². The van der Waals surface area contributed by atoms with E-state index in [9.17, 15) is 22.8 Å². The molecule has 0 atom stereocenters. The largest absolute Gasteiger partial charge is 0.461 e. The van der Waals surface area contributed by atoms with Gasteiger partial charge in [-0.05, 0) is 75.6 Å². The molecule has 2 aromatic heterocycles. The van der Waals surface area contributed by atoms with Crippen molar-refractivity contribution < 1.29 is 22.4 Å². The number of hydrogen-bond donors (Lipinski definition) is 1. The van der Waals surface area contributed by atoms with E-state index in [0.717, 1.165) is 17.4 Å². The van der Waals surface area contributed by atoms with E-state index in [-0.39, 0.29) is 17.4 Å². The normalized spacial score (nSPS) is 15.0. The van der Waals surface area contributed by atoms with Crippen LogP contribution in [0.15, 0.2) is 70.0 Å². The highest BCUT2D eigenvalue weighted by Crippen LogP contribution is 2.39. The van der Waals surface area contributed by atoms with Crippen molar-refractivity contribution >= 4 is 49.9 Å². The number of nitrogens with one attached hydrogen (secondary N) is 1. The highest BCUT2D eigenvalue weighted by atomic mass is 32.2. The van der Waals surface area contributed by atoms with Gasteiger partial charge in [0.1, 0.15) is 16.8 Å². The molecule has 5 rings (SSSR count). The molecular weight excluding hydrogens is 606 g/mol. The molecule has 4 aromatic rings. The fourth-order valence-corrected chi connectivity index (χ4v) is 6.58. The van der Waals surface area contributed by atoms with E-state index in [1.165, 1.54) is 0 Å². The topological polar surface area (TPSA) is 125 Å². The molecule has 0 bridgehead atoms. The van der Waals surface area contributed by atoms with Gasteiger partial charge in [-0.1, -0.05) is 24.3 Å². The molecule has 0 unspecified atom stereocenters. The van der Waals surface area contributed by atoms with Gasteiger partial charge in [-0.15, -0.1) is 0 Å². The summed E-state index contributed by atoms with van der Waals surface area (Å²) in [6.45, 7) is 9.38. The van der Waals surface area contributed by atoms with Gasteiger partial charge < -0.3 is 18.8 Å². The van der Waals surface area contributed by atoms with Gasteiger partial charge in [-0.2, -0.15) is 0 Å². The highest BCUT2D eigenvalue weighted by molar-refractivity contribution is 7.92. The van der Waals surface area contributed by atoms with Crippen LogP contribution in [0.25, 0.3) is 11.0 Å². The van der Waals surface area contributed by atoms with Gasteiger partial charge in [0, 0.05) is 46.0 Å². The van der Waals surface area contributed by atoms with E-state index in [4.69, 9.17) is 4.42 Å². The number of fused-ring (bicyclic) bond motifs is 2. The molecule has 1 aliphatic rings. The number of furan rings is 1. The van der Waals surface area contributed by atoms with Gasteiger partial charge in [0.15, 0.2) is 0 Å². The molecule has 11 nitrogen and oxygen atoms in total. The van der Waals surface area contributed by atoms with E-state index in [0.29, 0.717) is 72.9 Å². The third-order valence-corrected chi connectivity index (χ3v) is 9.08. The number of carbonyl (C=O) groups excluding carboxylic acids is 2. The van der Waals surface area contributed by atoms with Crippen LogP contribution in [0.1, 0.15) is 37.7 Å². The second-order valence-corrected chi connectivity index (χ2v) is 14.1. The lowest BCUT2D eigenvalue weighted by atomic mass is 9.90. The molecule has 0 saturated heterocycles. The van der Waals surface area contributed by atoms with Crippen LogP contribution in [0.4, 0.5) is 17.1 Å². The number of hydrogen-bond acceptors (Lipinski definition) is 7. The van der Waals surface area contributed by atoms with Crippen molar-refractivity contribution in [2.45, 2.75) is 47.2 Å². The lowest BCUT2D eigenvalue weighted by Crippen LogP contribution is -2.47. The Bertz CT molecular complexity index is 1960. The van der Waals surface area contributed by atoms with E-state index in [1.807, 2.05) is 44.2 Å². The minimum atomic E-state index is -3.49. The molecule has 0 fully saturated rings. The van der Waals surface area contributed by atoms with Crippen LogP contribution in [0.3, 0.4) is 0 Å². The lowest BCUT2D eigenvalue weighted by molar-refractivity contribution is -0.137. The first-order valence-corrected chi connectivity index (χ1v) is 17.2. The number of benzene rings is 2.